The van der Waals surface area contributed by atoms with E-state index in [4.69, 9.17) is 0 Å². The van der Waals surface area contributed by atoms with Crippen molar-refractivity contribution < 1.29 is 0 Å². The minimum atomic E-state index is 0. The highest BCUT2D eigenvalue weighted by molar-refractivity contribution is 14.0. The van der Waals surface area contributed by atoms with Crippen molar-refractivity contribution >= 4 is 46.3 Å². The number of thiophene rings is 1. The zero-order valence-electron chi connectivity index (χ0n) is 17.2. The minimum absolute atomic E-state index is 0. The molecule has 1 aliphatic heterocycles. The molecule has 2 aromatic heterocycles. The molecule has 0 radical (unpaired) electrons. The smallest absolute Gasteiger partial charge is 0.191 e. The lowest BCUT2D eigenvalue weighted by Gasteiger charge is -2.33. The normalized spacial score (nSPS) is 15.0. The number of aromatic nitrogens is 2. The van der Waals surface area contributed by atoms with Gasteiger partial charge in [0.25, 0.3) is 0 Å². The number of halogens is 1. The maximum Gasteiger partial charge on any atom is 0.191 e. The van der Waals surface area contributed by atoms with Crippen molar-refractivity contribution in [3.05, 3.63) is 71.6 Å². The Labute approximate surface area is 199 Å². The minimum Gasteiger partial charge on any atom is -0.363 e. The summed E-state index contributed by atoms with van der Waals surface area (Å²) in [5.74, 6) is 0.875. The summed E-state index contributed by atoms with van der Waals surface area (Å²) in [6.45, 7) is 3.77. The molecule has 0 amide bonds. The van der Waals surface area contributed by atoms with Crippen LogP contribution in [0.2, 0.25) is 0 Å². The molecule has 1 saturated heterocycles. The van der Waals surface area contributed by atoms with E-state index >= 15 is 0 Å². The van der Waals surface area contributed by atoms with Crippen LogP contribution >= 0.6 is 35.3 Å². The molecule has 160 valence electrons. The fraction of sp³-hybridized carbons (Fsp3) is 0.364. The van der Waals surface area contributed by atoms with Crippen LogP contribution in [0, 0.1) is 0 Å². The number of rotatable bonds is 6. The number of imidazole rings is 1. The first kappa shape index (κ1) is 22.6. The lowest BCUT2D eigenvalue weighted by Crippen LogP contribution is -2.48. The Bertz CT molecular complexity index is 902. The number of hydrogen-bond acceptors (Lipinski definition) is 4. The fourth-order valence-corrected chi connectivity index (χ4v) is 4.48. The standard InChI is InChI=1S/C22H28N6S.HI/c1-23-22(26-20-7-10-28(11-8-20)21-6-3-13-29-21)25-15-18-4-2-5-19(14-18)16-27-12-9-24-17-27;/h2-6,9,12-14,17,20H,7-8,10-11,15-16H2,1H3,(H2,23,25,26);1H. The van der Waals surface area contributed by atoms with E-state index in [0.717, 1.165) is 45.0 Å². The molecular weight excluding hydrogens is 507 g/mol. The van der Waals surface area contributed by atoms with Crippen molar-refractivity contribution in [2.75, 3.05) is 25.0 Å². The number of aliphatic imine (C=N–C) groups is 1. The van der Waals surface area contributed by atoms with Gasteiger partial charge in [-0.3, -0.25) is 4.99 Å². The molecule has 0 saturated carbocycles. The average Bonchev–Trinajstić information content (AvgIpc) is 3.46. The molecule has 1 fully saturated rings. The highest BCUT2D eigenvalue weighted by Crippen LogP contribution is 2.24. The van der Waals surface area contributed by atoms with Gasteiger partial charge >= 0.3 is 0 Å². The summed E-state index contributed by atoms with van der Waals surface area (Å²) in [4.78, 5) is 11.0. The molecule has 30 heavy (non-hydrogen) atoms. The third-order valence-electron chi connectivity index (χ3n) is 5.25. The van der Waals surface area contributed by atoms with E-state index in [0.29, 0.717) is 6.04 Å². The predicted molar refractivity (Wildman–Crippen MR) is 136 cm³/mol. The summed E-state index contributed by atoms with van der Waals surface area (Å²) in [5, 5.41) is 10.6. The van der Waals surface area contributed by atoms with Crippen molar-refractivity contribution in [1.82, 2.24) is 20.2 Å². The molecule has 3 aromatic rings. The molecule has 0 atom stereocenters. The molecule has 1 aliphatic rings. The van der Waals surface area contributed by atoms with Gasteiger partial charge in [-0.25, -0.2) is 4.98 Å². The Morgan fingerprint density at radius 2 is 2.03 bits per heavy atom. The van der Waals surface area contributed by atoms with Gasteiger partial charge in [-0.2, -0.15) is 0 Å². The first-order valence-corrected chi connectivity index (χ1v) is 11.0. The lowest BCUT2D eigenvalue weighted by atomic mass is 10.1. The summed E-state index contributed by atoms with van der Waals surface area (Å²) >= 11 is 1.82. The van der Waals surface area contributed by atoms with Crippen LogP contribution in [0.5, 0.6) is 0 Å². The van der Waals surface area contributed by atoms with Crippen LogP contribution in [-0.4, -0.2) is 41.7 Å². The Kier molecular flexibility index (Phi) is 8.56. The van der Waals surface area contributed by atoms with Gasteiger partial charge < -0.3 is 20.1 Å². The molecule has 0 spiro atoms. The lowest BCUT2D eigenvalue weighted by molar-refractivity contribution is 0.463. The molecule has 4 rings (SSSR count). The van der Waals surface area contributed by atoms with Crippen molar-refractivity contribution in [2.24, 2.45) is 4.99 Å². The van der Waals surface area contributed by atoms with E-state index in [1.54, 1.807) is 0 Å². The maximum absolute atomic E-state index is 4.42. The second-order valence-corrected chi connectivity index (χ2v) is 8.26. The second kappa shape index (κ2) is 11.4. The van der Waals surface area contributed by atoms with Gasteiger partial charge in [-0.05, 0) is 41.5 Å². The van der Waals surface area contributed by atoms with Crippen molar-refractivity contribution in [3.8, 4) is 0 Å². The molecule has 8 heteroatoms. The van der Waals surface area contributed by atoms with Crippen LogP contribution in [0.4, 0.5) is 5.00 Å². The summed E-state index contributed by atoms with van der Waals surface area (Å²) < 4.78 is 2.08. The van der Waals surface area contributed by atoms with E-state index in [1.807, 2.05) is 37.1 Å². The van der Waals surface area contributed by atoms with Crippen LogP contribution in [-0.2, 0) is 13.1 Å². The van der Waals surface area contributed by atoms with Gasteiger partial charge in [0.1, 0.15) is 0 Å². The van der Waals surface area contributed by atoms with Crippen LogP contribution in [0.3, 0.4) is 0 Å². The maximum atomic E-state index is 4.42. The largest absolute Gasteiger partial charge is 0.363 e. The first-order chi connectivity index (χ1) is 14.3. The number of nitrogens with one attached hydrogen (secondary N) is 2. The number of hydrogen-bond donors (Lipinski definition) is 2. The molecule has 0 unspecified atom stereocenters. The number of nitrogens with zero attached hydrogens (tertiary/aromatic N) is 4. The summed E-state index contributed by atoms with van der Waals surface area (Å²) in [5.41, 5.74) is 2.52. The predicted octanol–water partition coefficient (Wildman–Crippen LogP) is 3.94. The van der Waals surface area contributed by atoms with E-state index in [2.05, 4.69) is 71.9 Å². The van der Waals surface area contributed by atoms with E-state index in [1.165, 1.54) is 16.1 Å². The summed E-state index contributed by atoms with van der Waals surface area (Å²) in [6, 6.07) is 13.4. The average molecular weight is 536 g/mol. The summed E-state index contributed by atoms with van der Waals surface area (Å²) in [7, 11) is 1.84. The number of piperidine rings is 1. The Balaban J connectivity index is 0.00000256. The molecular formula is C22H29IN6S. The molecule has 1 aromatic carbocycles. The quantitative estimate of drug-likeness (QED) is 0.285. The Morgan fingerprint density at radius 1 is 1.20 bits per heavy atom. The van der Waals surface area contributed by atoms with Crippen molar-refractivity contribution in [1.29, 1.82) is 0 Å². The van der Waals surface area contributed by atoms with Gasteiger partial charge in [0, 0.05) is 51.7 Å². The van der Waals surface area contributed by atoms with E-state index in [9.17, 15) is 0 Å². The second-order valence-electron chi connectivity index (χ2n) is 7.34. The molecule has 2 N–H and O–H groups in total. The number of anilines is 1. The van der Waals surface area contributed by atoms with Crippen molar-refractivity contribution in [2.45, 2.75) is 32.0 Å². The number of guanidine groups is 1. The van der Waals surface area contributed by atoms with Gasteiger partial charge in [-0.15, -0.1) is 35.3 Å². The topological polar surface area (TPSA) is 57.5 Å². The highest BCUT2D eigenvalue weighted by Gasteiger charge is 2.20. The number of benzene rings is 1. The monoisotopic (exact) mass is 536 g/mol. The Morgan fingerprint density at radius 3 is 2.73 bits per heavy atom. The van der Waals surface area contributed by atoms with Crippen LogP contribution in [0.25, 0.3) is 0 Å². The first-order valence-electron chi connectivity index (χ1n) is 10.1. The molecule has 0 bridgehead atoms. The SMILES string of the molecule is CN=C(NCc1cccc(Cn2ccnc2)c1)NC1CCN(c2cccs2)CC1.I. The molecule has 6 nitrogen and oxygen atoms in total. The van der Waals surface area contributed by atoms with Gasteiger partial charge in [0.05, 0.1) is 11.3 Å². The van der Waals surface area contributed by atoms with Crippen LogP contribution in [0.1, 0.15) is 24.0 Å². The van der Waals surface area contributed by atoms with E-state index in [-0.39, 0.29) is 24.0 Å². The van der Waals surface area contributed by atoms with Gasteiger partial charge in [-0.1, -0.05) is 24.3 Å². The van der Waals surface area contributed by atoms with Crippen LogP contribution < -0.4 is 15.5 Å². The van der Waals surface area contributed by atoms with Crippen molar-refractivity contribution in [3.63, 3.8) is 0 Å². The zero-order valence-corrected chi connectivity index (χ0v) is 20.3. The molecule has 0 aliphatic carbocycles. The third kappa shape index (κ3) is 6.21. The fourth-order valence-electron chi connectivity index (χ4n) is 3.70. The Hall–Kier alpha value is -2.07. The zero-order chi connectivity index (χ0) is 19.9. The van der Waals surface area contributed by atoms with Gasteiger partial charge in [0.2, 0.25) is 0 Å². The third-order valence-corrected chi connectivity index (χ3v) is 6.18. The van der Waals surface area contributed by atoms with Gasteiger partial charge in [0.15, 0.2) is 5.96 Å². The van der Waals surface area contributed by atoms with E-state index < -0.39 is 0 Å². The molecule has 3 heterocycles. The highest BCUT2D eigenvalue weighted by atomic mass is 127. The summed E-state index contributed by atoms with van der Waals surface area (Å²) in [6.07, 6.45) is 7.89. The van der Waals surface area contributed by atoms with Crippen LogP contribution in [0.15, 0.2) is 65.5 Å².